The molecule has 4 aromatic rings. The minimum atomic E-state index is -0.484. The normalized spacial score (nSPS) is 11.0. The molecule has 0 saturated carbocycles. The van der Waals surface area contributed by atoms with Crippen molar-refractivity contribution < 1.29 is 14.6 Å². The molecule has 31 heavy (non-hydrogen) atoms. The van der Waals surface area contributed by atoms with E-state index in [-0.39, 0.29) is 11.3 Å². The number of aromatic hydroxyl groups is 1. The molecule has 0 atom stereocenters. The molecule has 0 aliphatic carbocycles. The lowest BCUT2D eigenvalue weighted by Gasteiger charge is -2.07. The molecule has 0 fully saturated rings. The highest BCUT2D eigenvalue weighted by molar-refractivity contribution is 6.30. The maximum Gasteiger partial charge on any atom is 0.275 e. The van der Waals surface area contributed by atoms with E-state index >= 15 is 0 Å². The number of rotatable bonds is 6. The lowest BCUT2D eigenvalue weighted by Crippen LogP contribution is -2.17. The topological polar surface area (TPSA) is 70.9 Å². The zero-order valence-corrected chi connectivity index (χ0v) is 17.2. The van der Waals surface area contributed by atoms with E-state index in [1.54, 1.807) is 12.1 Å². The molecule has 1 amide bonds. The molecule has 6 heteroatoms. The summed E-state index contributed by atoms with van der Waals surface area (Å²) < 4.78 is 5.75. The van der Waals surface area contributed by atoms with Crippen LogP contribution in [0, 0.1) is 0 Å². The van der Waals surface area contributed by atoms with Gasteiger partial charge in [-0.05, 0) is 70.4 Å². The molecule has 0 unspecified atom stereocenters. The molecule has 0 aliphatic rings. The van der Waals surface area contributed by atoms with Gasteiger partial charge in [0.2, 0.25) is 0 Å². The van der Waals surface area contributed by atoms with E-state index in [1.165, 1.54) is 6.21 Å². The Hall–Kier alpha value is -3.83. The number of fused-ring (bicyclic) bond motifs is 1. The first-order valence-corrected chi connectivity index (χ1v) is 9.99. The van der Waals surface area contributed by atoms with E-state index in [0.29, 0.717) is 11.6 Å². The summed E-state index contributed by atoms with van der Waals surface area (Å²) in [5.74, 6) is 0.147. The van der Waals surface area contributed by atoms with Gasteiger partial charge in [-0.3, -0.25) is 4.79 Å². The lowest BCUT2D eigenvalue weighted by molar-refractivity contribution is 0.0952. The van der Waals surface area contributed by atoms with Crippen molar-refractivity contribution in [2.75, 3.05) is 0 Å². The van der Waals surface area contributed by atoms with Gasteiger partial charge in [-0.25, -0.2) is 5.43 Å². The van der Waals surface area contributed by atoms with Crippen molar-refractivity contribution in [2.45, 2.75) is 6.61 Å². The van der Waals surface area contributed by atoms with Crippen LogP contribution in [0.1, 0.15) is 21.5 Å². The van der Waals surface area contributed by atoms with E-state index in [0.717, 1.165) is 27.6 Å². The Morgan fingerprint density at radius 1 is 0.968 bits per heavy atom. The zero-order chi connectivity index (χ0) is 21.6. The molecule has 0 saturated heterocycles. The third-order valence-corrected chi connectivity index (χ3v) is 4.94. The fraction of sp³-hybridized carbons (Fsp3) is 0.0400. The first kappa shape index (κ1) is 20.4. The van der Waals surface area contributed by atoms with Crippen molar-refractivity contribution in [3.05, 3.63) is 107 Å². The quantitative estimate of drug-likeness (QED) is 0.311. The SMILES string of the molecule is O=C(N/N=C/c1ccc(OCc2ccc(Cl)cc2)cc1)c1cc2ccccc2cc1O. The summed E-state index contributed by atoms with van der Waals surface area (Å²) in [5, 5.41) is 16.5. The van der Waals surface area contributed by atoms with Crippen molar-refractivity contribution in [1.82, 2.24) is 5.43 Å². The highest BCUT2D eigenvalue weighted by atomic mass is 35.5. The van der Waals surface area contributed by atoms with Crippen molar-refractivity contribution in [1.29, 1.82) is 0 Å². The Labute approximate surface area is 184 Å². The van der Waals surface area contributed by atoms with Crippen LogP contribution in [0.4, 0.5) is 0 Å². The molecule has 0 radical (unpaired) electrons. The third kappa shape index (κ3) is 5.21. The van der Waals surface area contributed by atoms with Crippen molar-refractivity contribution >= 4 is 34.5 Å². The first-order chi connectivity index (χ1) is 15.1. The predicted molar refractivity (Wildman–Crippen MR) is 123 cm³/mol. The number of carbonyl (C=O) groups excluding carboxylic acids is 1. The number of carbonyl (C=O) groups is 1. The van der Waals surface area contributed by atoms with Gasteiger partial charge in [0.25, 0.3) is 5.91 Å². The Morgan fingerprint density at radius 2 is 1.65 bits per heavy atom. The first-order valence-electron chi connectivity index (χ1n) is 9.61. The lowest BCUT2D eigenvalue weighted by atomic mass is 10.1. The summed E-state index contributed by atoms with van der Waals surface area (Å²) in [5.41, 5.74) is 4.43. The van der Waals surface area contributed by atoms with Crippen LogP contribution in [0.15, 0.2) is 90.0 Å². The van der Waals surface area contributed by atoms with Gasteiger partial charge in [0, 0.05) is 5.02 Å². The van der Waals surface area contributed by atoms with Crippen LogP contribution < -0.4 is 10.2 Å². The smallest absolute Gasteiger partial charge is 0.275 e. The minimum Gasteiger partial charge on any atom is -0.507 e. The Morgan fingerprint density at radius 3 is 2.35 bits per heavy atom. The number of nitrogens with zero attached hydrogens (tertiary/aromatic N) is 1. The van der Waals surface area contributed by atoms with Crippen molar-refractivity contribution in [2.24, 2.45) is 5.10 Å². The van der Waals surface area contributed by atoms with Crippen LogP contribution in [0.2, 0.25) is 5.02 Å². The van der Waals surface area contributed by atoms with E-state index in [4.69, 9.17) is 16.3 Å². The maximum absolute atomic E-state index is 12.4. The summed E-state index contributed by atoms with van der Waals surface area (Å²) in [6, 6.07) is 25.5. The summed E-state index contributed by atoms with van der Waals surface area (Å²) in [6.07, 6.45) is 1.53. The van der Waals surface area contributed by atoms with Crippen LogP contribution in [0.3, 0.4) is 0 Å². The number of nitrogens with one attached hydrogen (secondary N) is 1. The van der Waals surface area contributed by atoms with Crippen molar-refractivity contribution in [3.8, 4) is 11.5 Å². The van der Waals surface area contributed by atoms with Crippen LogP contribution in [0.5, 0.6) is 11.5 Å². The molecule has 0 aromatic heterocycles. The number of phenols is 1. The van der Waals surface area contributed by atoms with E-state index in [2.05, 4.69) is 10.5 Å². The number of amides is 1. The van der Waals surface area contributed by atoms with Gasteiger partial charge >= 0.3 is 0 Å². The van der Waals surface area contributed by atoms with Crippen molar-refractivity contribution in [3.63, 3.8) is 0 Å². The number of phenolic OH excluding ortho intramolecular Hbond substituents is 1. The van der Waals surface area contributed by atoms with Crippen LogP contribution in [-0.2, 0) is 6.61 Å². The van der Waals surface area contributed by atoms with Gasteiger partial charge < -0.3 is 9.84 Å². The van der Waals surface area contributed by atoms with Gasteiger partial charge in [-0.1, -0.05) is 48.0 Å². The number of hydrazone groups is 1. The summed E-state index contributed by atoms with van der Waals surface area (Å²) in [4.78, 5) is 12.4. The minimum absolute atomic E-state index is 0.0893. The number of benzene rings is 4. The Kier molecular flexibility index (Phi) is 6.15. The highest BCUT2D eigenvalue weighted by Crippen LogP contribution is 2.24. The second-order valence-electron chi connectivity index (χ2n) is 6.90. The summed E-state index contributed by atoms with van der Waals surface area (Å²) in [6.45, 7) is 0.440. The molecule has 0 spiro atoms. The molecular formula is C25H19ClN2O3. The Bertz CT molecular complexity index is 1240. The maximum atomic E-state index is 12.4. The summed E-state index contributed by atoms with van der Waals surface area (Å²) in [7, 11) is 0. The average molecular weight is 431 g/mol. The number of hydrogen-bond acceptors (Lipinski definition) is 4. The van der Waals surface area contributed by atoms with Gasteiger partial charge in [0.15, 0.2) is 0 Å². The molecule has 154 valence electrons. The average Bonchev–Trinajstić information content (AvgIpc) is 2.79. The van der Waals surface area contributed by atoms with Crippen LogP contribution in [0.25, 0.3) is 10.8 Å². The molecule has 2 N–H and O–H groups in total. The molecule has 0 heterocycles. The second kappa shape index (κ2) is 9.32. The largest absolute Gasteiger partial charge is 0.507 e. The van der Waals surface area contributed by atoms with Gasteiger partial charge in [-0.15, -0.1) is 0 Å². The van der Waals surface area contributed by atoms with Crippen LogP contribution in [-0.4, -0.2) is 17.2 Å². The number of hydrogen-bond donors (Lipinski definition) is 2. The van der Waals surface area contributed by atoms with E-state index in [9.17, 15) is 9.90 Å². The van der Waals surface area contributed by atoms with E-state index < -0.39 is 5.91 Å². The molecule has 4 aromatic carbocycles. The Balaban J connectivity index is 1.35. The third-order valence-electron chi connectivity index (χ3n) is 4.69. The second-order valence-corrected chi connectivity index (χ2v) is 7.34. The molecule has 0 aliphatic heterocycles. The fourth-order valence-corrected chi connectivity index (χ4v) is 3.16. The predicted octanol–water partition coefficient (Wildman–Crippen LogP) is 5.54. The fourth-order valence-electron chi connectivity index (χ4n) is 3.03. The number of ether oxygens (including phenoxy) is 1. The van der Waals surface area contributed by atoms with E-state index in [1.807, 2.05) is 72.8 Å². The molecular weight excluding hydrogens is 412 g/mol. The standard InChI is InChI=1S/C25H19ClN2O3/c26-21-9-5-18(6-10-21)16-31-22-11-7-17(8-12-22)15-27-28-25(30)23-13-19-3-1-2-4-20(19)14-24(23)29/h1-15,29H,16H2,(H,28,30)/b27-15+. The van der Waals surface area contributed by atoms with Gasteiger partial charge in [0.1, 0.15) is 18.1 Å². The zero-order valence-electron chi connectivity index (χ0n) is 16.5. The molecule has 0 bridgehead atoms. The molecule has 5 nitrogen and oxygen atoms in total. The number of halogens is 1. The monoisotopic (exact) mass is 430 g/mol. The molecule has 4 rings (SSSR count). The van der Waals surface area contributed by atoms with Crippen LogP contribution >= 0.6 is 11.6 Å². The van der Waals surface area contributed by atoms with Gasteiger partial charge in [-0.2, -0.15) is 5.10 Å². The van der Waals surface area contributed by atoms with Gasteiger partial charge in [0.05, 0.1) is 11.8 Å². The highest BCUT2D eigenvalue weighted by Gasteiger charge is 2.11. The summed E-state index contributed by atoms with van der Waals surface area (Å²) >= 11 is 5.88.